The molecule has 0 aromatic heterocycles. The predicted octanol–water partition coefficient (Wildman–Crippen LogP) is 2.03. The van der Waals surface area contributed by atoms with Crippen molar-refractivity contribution in [3.8, 4) is 0 Å². The molecule has 0 spiro atoms. The average molecular weight is 122 g/mol. The smallest absolute Gasteiger partial charge is 0.0998 e. The molecule has 9 heavy (non-hydrogen) atoms. The first-order chi connectivity index (χ1) is 4.33. The summed E-state index contributed by atoms with van der Waals surface area (Å²) >= 11 is 0. The monoisotopic (exact) mass is 122 g/mol. The first-order valence-electron chi connectivity index (χ1n) is 2.93. The van der Waals surface area contributed by atoms with Crippen LogP contribution in [0.5, 0.6) is 0 Å². The average Bonchev–Trinajstić information content (AvgIpc) is 1.88. The molecule has 0 saturated heterocycles. The number of methoxy groups -OCH3 is 1. The Balaban J connectivity index is 2.66. The van der Waals surface area contributed by atoms with Gasteiger partial charge in [0.15, 0.2) is 0 Å². The van der Waals surface area contributed by atoms with Crippen molar-refractivity contribution in [3.63, 3.8) is 0 Å². The third-order valence-electron chi connectivity index (χ3n) is 1.26. The van der Waals surface area contributed by atoms with Crippen molar-refractivity contribution in [2.45, 2.75) is 6.42 Å². The van der Waals surface area contributed by atoms with Gasteiger partial charge < -0.3 is 4.74 Å². The normalized spacial score (nSPS) is 17.4. The van der Waals surface area contributed by atoms with E-state index in [0.29, 0.717) is 0 Å². The zero-order chi connectivity index (χ0) is 6.69. The molecule has 0 aliphatic heterocycles. The van der Waals surface area contributed by atoms with Gasteiger partial charge in [-0.05, 0) is 11.6 Å². The Hall–Kier alpha value is -0.980. The van der Waals surface area contributed by atoms with Crippen molar-refractivity contribution >= 4 is 0 Å². The Morgan fingerprint density at radius 3 is 2.89 bits per heavy atom. The Labute approximate surface area is 55.3 Å². The molecule has 0 heterocycles. The van der Waals surface area contributed by atoms with Gasteiger partial charge in [-0.3, -0.25) is 0 Å². The van der Waals surface area contributed by atoms with E-state index in [1.54, 1.807) is 7.11 Å². The fourth-order valence-electron chi connectivity index (χ4n) is 0.783. The third kappa shape index (κ3) is 1.46. The molecule has 1 rings (SSSR count). The van der Waals surface area contributed by atoms with Gasteiger partial charge in [0.1, 0.15) is 0 Å². The van der Waals surface area contributed by atoms with E-state index in [-0.39, 0.29) is 0 Å². The lowest BCUT2D eigenvalue weighted by Gasteiger charge is -2.06. The van der Waals surface area contributed by atoms with Gasteiger partial charge in [0.05, 0.1) is 12.9 Å². The minimum atomic E-state index is 0.898. The fourth-order valence-corrected chi connectivity index (χ4v) is 0.783. The lowest BCUT2D eigenvalue weighted by Crippen LogP contribution is -1.89. The van der Waals surface area contributed by atoms with Gasteiger partial charge in [0.2, 0.25) is 0 Å². The Bertz CT molecular complexity index is 175. The molecular formula is C8H10O. The van der Waals surface area contributed by atoms with Crippen molar-refractivity contribution < 1.29 is 4.74 Å². The van der Waals surface area contributed by atoms with E-state index in [0.717, 1.165) is 17.8 Å². The van der Waals surface area contributed by atoms with Crippen molar-refractivity contribution in [3.05, 3.63) is 36.1 Å². The summed E-state index contributed by atoms with van der Waals surface area (Å²) in [5.41, 5.74) is 1.01. The van der Waals surface area contributed by atoms with Crippen molar-refractivity contribution in [2.24, 2.45) is 0 Å². The second-order valence-electron chi connectivity index (χ2n) is 2.00. The quantitative estimate of drug-likeness (QED) is 0.517. The van der Waals surface area contributed by atoms with Gasteiger partial charge in [-0.15, -0.1) is 0 Å². The second-order valence-corrected chi connectivity index (χ2v) is 2.00. The lowest BCUT2D eigenvalue weighted by atomic mass is 10.1. The van der Waals surface area contributed by atoms with E-state index in [9.17, 15) is 0 Å². The summed E-state index contributed by atoms with van der Waals surface area (Å²) in [6.07, 6.45) is 6.87. The Morgan fingerprint density at radius 1 is 1.67 bits per heavy atom. The van der Waals surface area contributed by atoms with E-state index in [1.165, 1.54) is 0 Å². The zero-order valence-electron chi connectivity index (χ0n) is 5.55. The highest BCUT2D eigenvalue weighted by molar-refractivity contribution is 5.33. The summed E-state index contributed by atoms with van der Waals surface area (Å²) < 4.78 is 5.01. The van der Waals surface area contributed by atoms with Gasteiger partial charge >= 0.3 is 0 Å². The van der Waals surface area contributed by atoms with Crippen molar-refractivity contribution in [2.75, 3.05) is 7.11 Å². The SMILES string of the molecule is C=C1C=CCC(OC)=C1. The molecule has 0 amide bonds. The van der Waals surface area contributed by atoms with Crippen LogP contribution in [0.1, 0.15) is 6.42 Å². The van der Waals surface area contributed by atoms with Crippen LogP contribution in [0.15, 0.2) is 36.1 Å². The van der Waals surface area contributed by atoms with Crippen LogP contribution < -0.4 is 0 Å². The highest BCUT2D eigenvalue weighted by Gasteiger charge is 1.97. The van der Waals surface area contributed by atoms with Crippen LogP contribution in [0.4, 0.5) is 0 Å². The molecule has 0 atom stereocenters. The van der Waals surface area contributed by atoms with Crippen LogP contribution >= 0.6 is 0 Å². The van der Waals surface area contributed by atoms with Crippen LogP contribution in [0, 0.1) is 0 Å². The summed E-state index contributed by atoms with van der Waals surface area (Å²) in [4.78, 5) is 0. The van der Waals surface area contributed by atoms with E-state index in [2.05, 4.69) is 6.58 Å². The molecule has 0 aromatic rings. The minimum Gasteiger partial charge on any atom is -0.501 e. The summed E-state index contributed by atoms with van der Waals surface area (Å²) in [5.74, 6) is 0.988. The zero-order valence-corrected chi connectivity index (χ0v) is 5.55. The largest absolute Gasteiger partial charge is 0.501 e. The summed E-state index contributed by atoms with van der Waals surface area (Å²) in [7, 11) is 1.68. The van der Waals surface area contributed by atoms with Gasteiger partial charge in [0, 0.05) is 6.42 Å². The molecule has 0 unspecified atom stereocenters. The van der Waals surface area contributed by atoms with Crippen LogP contribution in [-0.2, 0) is 4.74 Å². The molecule has 1 nitrogen and oxygen atoms in total. The second kappa shape index (κ2) is 2.53. The topological polar surface area (TPSA) is 9.23 Å². The first-order valence-corrected chi connectivity index (χ1v) is 2.93. The van der Waals surface area contributed by atoms with E-state index in [1.807, 2.05) is 18.2 Å². The maximum Gasteiger partial charge on any atom is 0.0998 e. The van der Waals surface area contributed by atoms with E-state index >= 15 is 0 Å². The molecule has 0 aromatic carbocycles. The van der Waals surface area contributed by atoms with E-state index in [4.69, 9.17) is 4.74 Å². The van der Waals surface area contributed by atoms with Gasteiger partial charge in [0.25, 0.3) is 0 Å². The molecule has 0 radical (unpaired) electrons. The van der Waals surface area contributed by atoms with Gasteiger partial charge in [-0.25, -0.2) is 0 Å². The third-order valence-corrected chi connectivity index (χ3v) is 1.26. The summed E-state index contributed by atoms with van der Waals surface area (Å²) in [6, 6.07) is 0. The number of hydrogen-bond donors (Lipinski definition) is 0. The molecule has 1 aliphatic carbocycles. The molecule has 0 bridgehead atoms. The van der Waals surface area contributed by atoms with Crippen LogP contribution in [0.2, 0.25) is 0 Å². The standard InChI is InChI=1S/C8H10O/c1-7-4-3-5-8(6-7)9-2/h3-4,6H,1,5H2,2H3. The van der Waals surface area contributed by atoms with Crippen LogP contribution in [-0.4, -0.2) is 7.11 Å². The van der Waals surface area contributed by atoms with Crippen molar-refractivity contribution in [1.82, 2.24) is 0 Å². The lowest BCUT2D eigenvalue weighted by molar-refractivity contribution is 0.284. The fraction of sp³-hybridized carbons (Fsp3) is 0.250. The first kappa shape index (κ1) is 6.14. The number of ether oxygens (including phenoxy) is 1. The maximum absolute atomic E-state index is 5.01. The highest BCUT2D eigenvalue weighted by atomic mass is 16.5. The Morgan fingerprint density at radius 2 is 2.44 bits per heavy atom. The van der Waals surface area contributed by atoms with Gasteiger partial charge in [-0.1, -0.05) is 18.7 Å². The molecule has 0 fully saturated rings. The highest BCUT2D eigenvalue weighted by Crippen LogP contribution is 2.13. The molecular weight excluding hydrogens is 112 g/mol. The summed E-state index contributed by atoms with van der Waals surface area (Å²) in [6.45, 7) is 3.77. The molecule has 1 heteroatoms. The molecule has 1 aliphatic rings. The van der Waals surface area contributed by atoms with Gasteiger partial charge in [-0.2, -0.15) is 0 Å². The van der Waals surface area contributed by atoms with E-state index < -0.39 is 0 Å². The van der Waals surface area contributed by atoms with Crippen LogP contribution in [0.3, 0.4) is 0 Å². The maximum atomic E-state index is 5.01. The minimum absolute atomic E-state index is 0.898. The summed E-state index contributed by atoms with van der Waals surface area (Å²) in [5, 5.41) is 0. The van der Waals surface area contributed by atoms with Crippen LogP contribution in [0.25, 0.3) is 0 Å². The molecule has 0 saturated carbocycles. The number of hydrogen-bond acceptors (Lipinski definition) is 1. The Kier molecular flexibility index (Phi) is 1.73. The predicted molar refractivity (Wildman–Crippen MR) is 38.0 cm³/mol. The molecule has 0 N–H and O–H groups in total. The number of allylic oxidation sites excluding steroid dienone is 4. The molecule has 48 valence electrons. The van der Waals surface area contributed by atoms with Crippen molar-refractivity contribution in [1.29, 1.82) is 0 Å². The number of rotatable bonds is 1.